The molecular formula is C27H30O10. The average Bonchev–Trinajstić information content (AvgIpc) is 2.91. The van der Waals surface area contributed by atoms with Gasteiger partial charge in [0.2, 0.25) is 5.75 Å². The zero-order valence-electron chi connectivity index (χ0n) is 22.0. The summed E-state index contributed by atoms with van der Waals surface area (Å²) in [5.41, 5.74) is 1.16. The van der Waals surface area contributed by atoms with Crippen LogP contribution in [0.2, 0.25) is 0 Å². The van der Waals surface area contributed by atoms with Crippen molar-refractivity contribution in [1.82, 2.24) is 0 Å². The summed E-state index contributed by atoms with van der Waals surface area (Å²) < 4.78 is 50.4. The van der Waals surface area contributed by atoms with E-state index < -0.39 is 5.97 Å². The molecule has 0 bridgehead atoms. The monoisotopic (exact) mass is 514 g/mol. The minimum absolute atomic E-state index is 0.115. The first-order valence-corrected chi connectivity index (χ1v) is 11.0. The highest BCUT2D eigenvalue weighted by Crippen LogP contribution is 2.52. The molecule has 3 aromatic rings. The molecule has 0 radical (unpaired) electrons. The Morgan fingerprint density at radius 1 is 0.486 bits per heavy atom. The summed E-state index contributed by atoms with van der Waals surface area (Å²) >= 11 is 0. The minimum atomic E-state index is -0.538. The lowest BCUT2D eigenvalue weighted by atomic mass is 10.00. The zero-order chi connectivity index (χ0) is 27.1. The van der Waals surface area contributed by atoms with E-state index in [0.717, 1.165) is 0 Å². The highest BCUT2D eigenvalue weighted by Gasteiger charge is 2.25. The van der Waals surface area contributed by atoms with Gasteiger partial charge in [-0.1, -0.05) is 0 Å². The SMILES string of the molecule is COc1cc(OC)c(Oc2cc(OC)c(-c3c(OC)cc(OC)cc3OC)c(OC)c2)c(OC(C)=O)c1. The van der Waals surface area contributed by atoms with Crippen molar-refractivity contribution >= 4 is 5.97 Å². The highest BCUT2D eigenvalue weighted by molar-refractivity contribution is 5.87. The van der Waals surface area contributed by atoms with Crippen molar-refractivity contribution in [3.05, 3.63) is 36.4 Å². The lowest BCUT2D eigenvalue weighted by Gasteiger charge is -2.21. The topological polar surface area (TPSA) is 100 Å². The van der Waals surface area contributed by atoms with E-state index in [4.69, 9.17) is 42.6 Å². The first kappa shape index (κ1) is 27.1. The predicted molar refractivity (Wildman–Crippen MR) is 136 cm³/mol. The van der Waals surface area contributed by atoms with Crippen LogP contribution in [0.3, 0.4) is 0 Å². The fourth-order valence-corrected chi connectivity index (χ4v) is 3.72. The first-order chi connectivity index (χ1) is 17.8. The van der Waals surface area contributed by atoms with Gasteiger partial charge in [-0.15, -0.1) is 0 Å². The second-order valence-corrected chi connectivity index (χ2v) is 7.46. The van der Waals surface area contributed by atoms with Crippen molar-refractivity contribution in [2.24, 2.45) is 0 Å². The van der Waals surface area contributed by atoms with Crippen molar-refractivity contribution in [3.63, 3.8) is 0 Å². The third-order valence-electron chi connectivity index (χ3n) is 5.37. The van der Waals surface area contributed by atoms with Gasteiger partial charge < -0.3 is 42.6 Å². The molecular weight excluding hydrogens is 484 g/mol. The van der Waals surface area contributed by atoms with Crippen LogP contribution in [0.15, 0.2) is 36.4 Å². The second kappa shape index (κ2) is 12.0. The minimum Gasteiger partial charge on any atom is -0.496 e. The molecule has 0 heterocycles. The van der Waals surface area contributed by atoms with Crippen LogP contribution in [-0.2, 0) is 4.79 Å². The van der Waals surface area contributed by atoms with E-state index in [1.165, 1.54) is 41.4 Å². The molecule has 198 valence electrons. The molecule has 0 aromatic heterocycles. The van der Waals surface area contributed by atoms with E-state index in [2.05, 4.69) is 0 Å². The van der Waals surface area contributed by atoms with Crippen LogP contribution in [0.5, 0.6) is 57.5 Å². The van der Waals surface area contributed by atoms with Gasteiger partial charge in [0.1, 0.15) is 40.2 Å². The van der Waals surface area contributed by atoms with Crippen LogP contribution >= 0.6 is 0 Å². The van der Waals surface area contributed by atoms with Gasteiger partial charge in [0.05, 0.1) is 60.9 Å². The van der Waals surface area contributed by atoms with Gasteiger partial charge in [-0.05, 0) is 0 Å². The van der Waals surface area contributed by atoms with Crippen LogP contribution in [0, 0.1) is 0 Å². The molecule has 0 fully saturated rings. The van der Waals surface area contributed by atoms with Crippen LogP contribution < -0.4 is 42.6 Å². The van der Waals surface area contributed by atoms with Gasteiger partial charge in [0, 0.05) is 43.3 Å². The highest BCUT2D eigenvalue weighted by atomic mass is 16.6. The van der Waals surface area contributed by atoms with Crippen molar-refractivity contribution in [1.29, 1.82) is 0 Å². The summed E-state index contributed by atoms with van der Waals surface area (Å²) in [5, 5.41) is 0. The first-order valence-electron chi connectivity index (χ1n) is 11.0. The molecule has 37 heavy (non-hydrogen) atoms. The number of hydrogen-bond donors (Lipinski definition) is 0. The zero-order valence-corrected chi connectivity index (χ0v) is 22.0. The Hall–Kier alpha value is -4.47. The number of hydrogen-bond acceptors (Lipinski definition) is 10. The number of esters is 1. The lowest BCUT2D eigenvalue weighted by molar-refractivity contribution is -0.132. The Morgan fingerprint density at radius 3 is 1.19 bits per heavy atom. The summed E-state index contributed by atoms with van der Waals surface area (Å²) in [6.45, 7) is 1.28. The molecule has 0 saturated carbocycles. The maximum atomic E-state index is 11.8. The summed E-state index contributed by atoms with van der Waals surface area (Å²) in [5.74, 6) is 3.09. The molecule has 0 saturated heterocycles. The van der Waals surface area contributed by atoms with Gasteiger partial charge in [-0.25, -0.2) is 0 Å². The van der Waals surface area contributed by atoms with Gasteiger partial charge in [-0.2, -0.15) is 0 Å². The molecule has 3 aromatic carbocycles. The van der Waals surface area contributed by atoms with Crippen LogP contribution in [0.4, 0.5) is 0 Å². The molecule has 10 nitrogen and oxygen atoms in total. The third-order valence-corrected chi connectivity index (χ3v) is 5.37. The van der Waals surface area contributed by atoms with Crippen molar-refractivity contribution in [2.45, 2.75) is 6.92 Å². The van der Waals surface area contributed by atoms with E-state index in [0.29, 0.717) is 51.4 Å². The Labute approximate surface area is 215 Å². The van der Waals surface area contributed by atoms with Crippen LogP contribution in [0.1, 0.15) is 6.92 Å². The standard InChI is InChI=1S/C27H30O10/c1-15(28)36-24-12-17(30-3)11-23(35-8)27(24)37-18-13-21(33-6)26(22(14-18)34-7)25-19(31-4)9-16(29-2)10-20(25)32-5/h9-14H,1-8H3. The summed E-state index contributed by atoms with van der Waals surface area (Å²) in [7, 11) is 10.6. The Bertz CT molecular complexity index is 1220. The molecule has 3 rings (SSSR count). The van der Waals surface area contributed by atoms with Crippen molar-refractivity contribution in [2.75, 3.05) is 49.8 Å². The van der Waals surface area contributed by atoms with Gasteiger partial charge in [-0.3, -0.25) is 4.79 Å². The molecule has 0 aliphatic heterocycles. The van der Waals surface area contributed by atoms with E-state index in [1.54, 1.807) is 51.7 Å². The van der Waals surface area contributed by atoms with Crippen LogP contribution in [0.25, 0.3) is 11.1 Å². The quantitative estimate of drug-likeness (QED) is 0.253. The third kappa shape index (κ3) is 5.69. The van der Waals surface area contributed by atoms with Gasteiger partial charge >= 0.3 is 5.97 Å². The molecule has 0 aliphatic rings. The molecule has 0 N–H and O–H groups in total. The number of ether oxygens (including phenoxy) is 9. The Kier molecular flexibility index (Phi) is 8.78. The summed E-state index contributed by atoms with van der Waals surface area (Å²) in [6.07, 6.45) is 0. The molecule has 0 spiro atoms. The maximum absolute atomic E-state index is 11.8. The lowest BCUT2D eigenvalue weighted by Crippen LogP contribution is -2.05. The maximum Gasteiger partial charge on any atom is 0.308 e. The summed E-state index contributed by atoms with van der Waals surface area (Å²) in [6, 6.07) is 9.90. The van der Waals surface area contributed by atoms with Gasteiger partial charge in [0.15, 0.2) is 11.5 Å². The fourth-order valence-electron chi connectivity index (χ4n) is 3.72. The largest absolute Gasteiger partial charge is 0.496 e. The second-order valence-electron chi connectivity index (χ2n) is 7.46. The van der Waals surface area contributed by atoms with E-state index in [1.807, 2.05) is 0 Å². The smallest absolute Gasteiger partial charge is 0.308 e. The number of carbonyl (C=O) groups excluding carboxylic acids is 1. The molecule has 0 atom stereocenters. The number of rotatable bonds is 11. The van der Waals surface area contributed by atoms with Crippen molar-refractivity contribution < 1.29 is 47.4 Å². The number of methoxy groups -OCH3 is 7. The van der Waals surface area contributed by atoms with E-state index >= 15 is 0 Å². The molecule has 0 amide bonds. The van der Waals surface area contributed by atoms with Crippen LogP contribution in [-0.4, -0.2) is 55.7 Å². The summed E-state index contributed by atoms with van der Waals surface area (Å²) in [4.78, 5) is 11.8. The van der Waals surface area contributed by atoms with Gasteiger partial charge in [0.25, 0.3) is 0 Å². The molecule has 0 aliphatic carbocycles. The van der Waals surface area contributed by atoms with E-state index in [9.17, 15) is 4.79 Å². The number of benzene rings is 3. The Morgan fingerprint density at radius 2 is 0.838 bits per heavy atom. The number of carbonyl (C=O) groups is 1. The Balaban J connectivity index is 2.22. The fraction of sp³-hybridized carbons (Fsp3) is 0.296. The molecule has 10 heteroatoms. The molecule has 0 unspecified atom stereocenters. The normalized spacial score (nSPS) is 10.3. The predicted octanol–water partition coefficient (Wildman–Crippen LogP) is 5.13. The van der Waals surface area contributed by atoms with E-state index in [-0.39, 0.29) is 17.2 Å². The average molecular weight is 515 g/mol. The van der Waals surface area contributed by atoms with Crippen molar-refractivity contribution in [3.8, 4) is 68.6 Å².